The van der Waals surface area contributed by atoms with E-state index in [0.717, 1.165) is 44.9 Å². The first-order valence-corrected chi connectivity index (χ1v) is 34.7. The lowest BCUT2D eigenvalue weighted by molar-refractivity contribution is -0.160. The molecule has 0 fully saturated rings. The van der Waals surface area contributed by atoms with E-state index in [1.807, 2.05) is 0 Å². The number of Topliss-reactive ketones (excluding diaryl/α,β-unsaturated/α-hetero) is 1. The van der Waals surface area contributed by atoms with Crippen LogP contribution in [0.25, 0.3) is 0 Å². The number of rotatable bonds is 58. The first-order chi connectivity index (χ1) is 50.1. The maximum atomic E-state index is 11.7. The summed E-state index contributed by atoms with van der Waals surface area (Å²) in [5.74, 6) is -11.6. The molecule has 0 aromatic rings. The average molecular weight is 1650 g/mol. The van der Waals surface area contributed by atoms with Crippen LogP contribution in [0.5, 0.6) is 0 Å². The standard InChI is InChI=1S/C23H36N2O13.C20H31ClN2O10.C11H19Cl2NO2.C10H14O8.5CH4/c1-33-14-22(31)35-12-17(26)24-10-6-3-7-11-25-18(27)13-36-23(32)16-38-20(29)9-5-4-8-19(28)37-15-21(30)34-2;1-30-19(28)13-32-17(26)7-3-4-8-18(27)33-14-20(29)31-12-16(25)23-10-6-2-5-9-22-15(24)11-21;12-8-10(15)6-4-2-1-3-5-7-14-11(16)9-13;11-7(12)5-17-9(15)3-1-2-4-10(16)18-6-8(13)14;;;;;/h3-16H2,1-2H3,(H,24,26)(H,25,27);2-14H2,1H3,(H,22,24)(H,23,25);1-9H2,(H,14,16);1-6H2,(H,11,12)(H,13,14);5*1H4. The van der Waals surface area contributed by atoms with Crippen LogP contribution in [0.2, 0.25) is 0 Å². The third kappa shape index (κ3) is 93.2. The van der Waals surface area contributed by atoms with Crippen LogP contribution in [0.4, 0.5) is 0 Å². The fourth-order valence-electron chi connectivity index (χ4n) is 6.97. The van der Waals surface area contributed by atoms with Gasteiger partial charge in [-0.05, 0) is 89.9 Å². The third-order valence-corrected chi connectivity index (χ3v) is 13.1. The van der Waals surface area contributed by atoms with Gasteiger partial charge in [-0.2, -0.15) is 0 Å². The van der Waals surface area contributed by atoms with Gasteiger partial charge in [0.1, 0.15) is 24.2 Å². The molecule has 5 amide bonds. The zero-order chi connectivity index (χ0) is 79.7. The van der Waals surface area contributed by atoms with Crippen molar-refractivity contribution < 1.29 is 158 Å². The number of carboxylic acids is 2. The number of halogens is 3. The fraction of sp³-hybridized carbons (Fsp3) is 0.725. The Kier molecular flexibility index (Phi) is 92.8. The van der Waals surface area contributed by atoms with Crippen molar-refractivity contribution in [3.8, 4) is 0 Å². The van der Waals surface area contributed by atoms with Gasteiger partial charge >= 0.3 is 77.6 Å². The molecule has 0 aliphatic heterocycles. The summed E-state index contributed by atoms with van der Waals surface area (Å²) in [6.07, 6.45) is 11.8. The molecule has 0 aromatic carbocycles. The second-order valence-electron chi connectivity index (χ2n) is 21.3. The number of hydrogen-bond donors (Lipinski definition) is 7. The number of amides is 5. The lowest BCUT2D eigenvalue weighted by Crippen LogP contribution is -2.31. The molecule has 110 heavy (non-hydrogen) atoms. The van der Waals surface area contributed by atoms with Gasteiger partial charge in [-0.1, -0.05) is 56.4 Å². The van der Waals surface area contributed by atoms with E-state index in [1.165, 1.54) is 21.3 Å². The van der Waals surface area contributed by atoms with Gasteiger partial charge in [-0.25, -0.2) is 33.6 Å². The lowest BCUT2D eigenvalue weighted by atomic mass is 10.1. The molecular weight excluding hydrogens is 1530 g/mol. The molecule has 0 saturated carbocycles. The Morgan fingerprint density at radius 2 is 0.445 bits per heavy atom. The van der Waals surface area contributed by atoms with Crippen molar-refractivity contribution in [2.75, 3.05) is 138 Å². The number of alkyl halides is 3. The minimum atomic E-state index is -1.24. The number of aliphatic carboxylic acids is 2. The molecule has 0 atom stereocenters. The Balaban J connectivity index is -0.000000184. The fourth-order valence-corrected chi connectivity index (χ4v) is 7.30. The second kappa shape index (κ2) is 85.6. The van der Waals surface area contributed by atoms with Gasteiger partial charge in [0.2, 0.25) is 11.8 Å². The van der Waals surface area contributed by atoms with Gasteiger partial charge in [0.25, 0.3) is 17.7 Å². The van der Waals surface area contributed by atoms with Gasteiger partial charge < -0.3 is 93.6 Å². The molecule has 0 bridgehead atoms. The molecule has 41 heteroatoms. The lowest BCUT2D eigenvalue weighted by Gasteiger charge is -2.08. The Bertz CT molecular complexity index is 2580. The highest BCUT2D eigenvalue weighted by molar-refractivity contribution is 6.28. The largest absolute Gasteiger partial charge is 0.479 e. The highest BCUT2D eigenvalue weighted by atomic mass is 35.5. The van der Waals surface area contributed by atoms with Crippen molar-refractivity contribution in [3.05, 3.63) is 0 Å². The van der Waals surface area contributed by atoms with E-state index < -0.39 is 148 Å². The van der Waals surface area contributed by atoms with E-state index >= 15 is 0 Å². The SMILES string of the molecule is C.C.C.C.C.COC(=O)COC(=O)CCCCC(=O)OCC(=O)OCC(=O)NCCCCCNC(=O)CCl.COCC(=O)OCC(=O)NCCCCCNC(=O)COC(=O)COC(=O)CCCCC(=O)OCC(=O)OC.O=C(CCl)CCCCCCCNC(=O)CCl.O=C(O)COC(=O)CCCCC(=O)OCC(=O)O. The van der Waals surface area contributed by atoms with Crippen LogP contribution in [0.15, 0.2) is 0 Å². The topological polar surface area (TPSA) is 536 Å². The minimum absolute atomic E-state index is 0. The summed E-state index contributed by atoms with van der Waals surface area (Å²) in [4.78, 5) is 211. The molecule has 0 saturated heterocycles. The van der Waals surface area contributed by atoms with Crippen LogP contribution in [-0.2, 0) is 148 Å². The summed E-state index contributed by atoms with van der Waals surface area (Å²) in [6, 6.07) is 0. The van der Waals surface area contributed by atoms with Crippen LogP contribution >= 0.6 is 34.8 Å². The van der Waals surface area contributed by atoms with Crippen molar-refractivity contribution in [2.24, 2.45) is 0 Å². The first kappa shape index (κ1) is 119. The molecule has 0 aromatic heterocycles. The maximum Gasteiger partial charge on any atom is 0.344 e. The Morgan fingerprint density at radius 3 is 0.691 bits per heavy atom. The smallest absolute Gasteiger partial charge is 0.344 e. The number of carboxylic acid groups (broad SMARTS) is 2. The van der Waals surface area contributed by atoms with Crippen LogP contribution in [0.1, 0.15) is 191 Å². The number of nitrogens with one attached hydrogen (secondary N) is 5. The molecule has 0 unspecified atom stereocenters. The van der Waals surface area contributed by atoms with Crippen molar-refractivity contribution in [1.82, 2.24) is 26.6 Å². The molecule has 0 heterocycles. The number of carbonyl (C=O) groups excluding carboxylic acids is 17. The molecule has 640 valence electrons. The van der Waals surface area contributed by atoms with Gasteiger partial charge in [0.05, 0.1) is 20.1 Å². The average Bonchev–Trinajstić information content (AvgIpc) is 1.000. The number of esters is 11. The van der Waals surface area contributed by atoms with Crippen LogP contribution in [0.3, 0.4) is 0 Å². The van der Waals surface area contributed by atoms with Crippen molar-refractivity contribution in [1.29, 1.82) is 0 Å². The summed E-state index contributed by atoms with van der Waals surface area (Å²) < 4.78 is 54.8. The molecule has 0 radical (unpaired) electrons. The summed E-state index contributed by atoms with van der Waals surface area (Å²) in [6.45, 7) is -2.88. The van der Waals surface area contributed by atoms with Crippen LogP contribution in [-0.4, -0.2) is 261 Å². The van der Waals surface area contributed by atoms with Gasteiger partial charge in [0.15, 0.2) is 59.5 Å². The predicted octanol–water partition coefficient (Wildman–Crippen LogP) is 4.41. The zero-order valence-electron chi connectivity index (χ0n) is 59.4. The monoisotopic (exact) mass is 1650 g/mol. The Morgan fingerprint density at radius 1 is 0.236 bits per heavy atom. The van der Waals surface area contributed by atoms with E-state index in [4.69, 9.17) is 64.0 Å². The van der Waals surface area contributed by atoms with E-state index in [9.17, 15) is 91.1 Å². The summed E-state index contributed by atoms with van der Waals surface area (Å²) in [7, 11) is 3.68. The van der Waals surface area contributed by atoms with Crippen LogP contribution in [0, 0.1) is 0 Å². The molecule has 0 rings (SSSR count). The number of ether oxygens (including phenoxy) is 12. The highest BCUT2D eigenvalue weighted by Crippen LogP contribution is 2.08. The Hall–Kier alpha value is -9.04. The van der Waals surface area contributed by atoms with Crippen LogP contribution < -0.4 is 26.6 Å². The summed E-state index contributed by atoms with van der Waals surface area (Å²) in [5, 5.41) is 29.5. The zero-order valence-corrected chi connectivity index (χ0v) is 61.7. The molecular formula is C69H120Cl3N5O33. The Labute approximate surface area is 658 Å². The quantitative estimate of drug-likeness (QED) is 0.0192. The second-order valence-corrected chi connectivity index (χ2v) is 22.1. The normalized spacial score (nSPS) is 9.51. The van der Waals surface area contributed by atoms with Gasteiger partial charge in [-0.15, -0.1) is 34.8 Å². The molecule has 38 nitrogen and oxygen atoms in total. The minimum Gasteiger partial charge on any atom is -0.479 e. The van der Waals surface area contributed by atoms with Gasteiger partial charge in [0, 0.05) is 84.8 Å². The first-order valence-electron chi connectivity index (χ1n) is 33.1. The number of ketones is 1. The molecule has 7 N–H and O–H groups in total. The predicted molar refractivity (Wildman–Crippen MR) is 396 cm³/mol. The van der Waals surface area contributed by atoms with E-state index in [0.29, 0.717) is 103 Å². The third-order valence-electron chi connectivity index (χ3n) is 12.3. The molecule has 0 aliphatic rings. The van der Waals surface area contributed by atoms with Crippen molar-refractivity contribution >= 4 is 148 Å². The van der Waals surface area contributed by atoms with Gasteiger partial charge in [-0.3, -0.25) is 57.5 Å². The number of unbranched alkanes of at least 4 members (excludes halogenated alkanes) is 11. The number of methoxy groups -OCH3 is 3. The van der Waals surface area contributed by atoms with Crippen molar-refractivity contribution in [2.45, 2.75) is 191 Å². The maximum absolute atomic E-state index is 11.7. The number of hydrogen-bond acceptors (Lipinski definition) is 31. The van der Waals surface area contributed by atoms with E-state index in [2.05, 4.69) is 64.5 Å². The molecule has 0 aliphatic carbocycles. The summed E-state index contributed by atoms with van der Waals surface area (Å²) in [5.41, 5.74) is 0. The number of carbonyl (C=O) groups is 19. The highest BCUT2D eigenvalue weighted by Gasteiger charge is 2.16. The van der Waals surface area contributed by atoms with E-state index in [1.54, 1.807) is 0 Å². The summed E-state index contributed by atoms with van der Waals surface area (Å²) >= 11 is 16.0. The molecule has 0 spiro atoms. The van der Waals surface area contributed by atoms with E-state index in [-0.39, 0.29) is 124 Å². The van der Waals surface area contributed by atoms with Crippen molar-refractivity contribution in [3.63, 3.8) is 0 Å².